The van der Waals surface area contributed by atoms with Crippen molar-refractivity contribution in [2.75, 3.05) is 23.3 Å². The van der Waals surface area contributed by atoms with Crippen molar-refractivity contribution in [1.82, 2.24) is 19.4 Å². The Balaban J connectivity index is 1.46. The van der Waals surface area contributed by atoms with E-state index < -0.39 is 23.3 Å². The molecule has 0 aliphatic carbocycles. The summed E-state index contributed by atoms with van der Waals surface area (Å²) in [4.78, 5) is 40.3. The molecule has 10 nitrogen and oxygen atoms in total. The van der Waals surface area contributed by atoms with Crippen LogP contribution in [-0.4, -0.2) is 61.3 Å². The predicted molar refractivity (Wildman–Crippen MR) is 161 cm³/mol. The van der Waals surface area contributed by atoms with Crippen LogP contribution in [0.5, 0.6) is 0 Å². The van der Waals surface area contributed by atoms with Gasteiger partial charge in [-0.05, 0) is 82.0 Å². The second-order valence-corrected chi connectivity index (χ2v) is 12.2. The lowest BCUT2D eigenvalue weighted by Crippen LogP contribution is -2.52. The summed E-state index contributed by atoms with van der Waals surface area (Å²) < 4.78 is 7.70. The van der Waals surface area contributed by atoms with Gasteiger partial charge in [-0.25, -0.2) is 19.7 Å². The number of carbonyl (C=O) groups excluding carboxylic acids is 2. The summed E-state index contributed by atoms with van der Waals surface area (Å²) in [6, 6.07) is 13.3. The maximum atomic E-state index is 14.0. The number of anilines is 2. The van der Waals surface area contributed by atoms with Gasteiger partial charge in [-0.15, -0.1) is 0 Å². The van der Waals surface area contributed by atoms with Gasteiger partial charge in [0.15, 0.2) is 0 Å². The molecule has 1 fully saturated rings. The van der Waals surface area contributed by atoms with Crippen molar-refractivity contribution in [2.45, 2.75) is 57.9 Å². The number of fused-ring (bicyclic) bond motifs is 2. The van der Waals surface area contributed by atoms with Crippen molar-refractivity contribution in [3.63, 3.8) is 0 Å². The zero-order valence-electron chi connectivity index (χ0n) is 24.6. The van der Waals surface area contributed by atoms with Crippen molar-refractivity contribution in [1.29, 1.82) is 0 Å². The number of hydrogen-bond donors (Lipinski definition) is 2. The third-order valence-corrected chi connectivity index (χ3v) is 8.02. The summed E-state index contributed by atoms with van der Waals surface area (Å²) in [6.07, 6.45) is 5.91. The van der Waals surface area contributed by atoms with Gasteiger partial charge >= 0.3 is 6.09 Å². The second-order valence-electron chi connectivity index (χ2n) is 12.2. The van der Waals surface area contributed by atoms with E-state index in [1.807, 2.05) is 61.1 Å². The molecule has 4 aromatic rings. The van der Waals surface area contributed by atoms with Crippen molar-refractivity contribution < 1.29 is 19.4 Å². The Hall–Kier alpha value is -4.44. The first kappa shape index (κ1) is 27.7. The summed E-state index contributed by atoms with van der Waals surface area (Å²) in [5.74, 6) is 0.0554. The first-order valence-electron chi connectivity index (χ1n) is 14.2. The van der Waals surface area contributed by atoms with Gasteiger partial charge < -0.3 is 24.6 Å². The predicted octanol–water partition coefficient (Wildman–Crippen LogP) is 5.27. The van der Waals surface area contributed by atoms with Gasteiger partial charge in [0, 0.05) is 49.0 Å². The standard InChI is InChI=1S/C32H36N6O4/c1-31(2,3)42-30(41)38-29(40)25-8-6-7-23(22-11-15-33-28-24(22)14-16-36(28)5)27(25)32(38,4)35-26-10-9-20(19-34-26)37-17-12-21(39)13-18-37/h6-11,14-16,19,21,39H,12-13,17-18H2,1-5H3,(H,34,35). The normalized spacial score (nSPS) is 19.3. The van der Waals surface area contributed by atoms with Gasteiger partial charge in [0.25, 0.3) is 5.91 Å². The van der Waals surface area contributed by atoms with E-state index in [-0.39, 0.29) is 6.10 Å². The maximum Gasteiger partial charge on any atom is 0.419 e. The summed E-state index contributed by atoms with van der Waals surface area (Å²) in [5.41, 5.74) is 2.43. The third kappa shape index (κ3) is 4.75. The van der Waals surface area contributed by atoms with Crippen LogP contribution in [0.1, 0.15) is 56.5 Å². The molecule has 0 radical (unpaired) electrons. The summed E-state index contributed by atoms with van der Waals surface area (Å²) in [7, 11) is 1.94. The molecule has 0 saturated carbocycles. The van der Waals surface area contributed by atoms with Crippen molar-refractivity contribution in [3.8, 4) is 11.1 Å². The lowest BCUT2D eigenvalue weighted by molar-refractivity contribution is 0.0106. The number of aliphatic hydroxyl groups excluding tert-OH is 1. The third-order valence-electron chi connectivity index (χ3n) is 8.02. The monoisotopic (exact) mass is 568 g/mol. The Morgan fingerprint density at radius 3 is 2.48 bits per heavy atom. The fourth-order valence-electron chi connectivity index (χ4n) is 6.03. The number of aryl methyl sites for hydroxylation is 1. The molecule has 0 spiro atoms. The minimum absolute atomic E-state index is 0.263. The van der Waals surface area contributed by atoms with E-state index in [1.165, 1.54) is 0 Å². The van der Waals surface area contributed by atoms with E-state index >= 15 is 0 Å². The number of aromatic nitrogens is 3. The summed E-state index contributed by atoms with van der Waals surface area (Å²) in [5, 5.41) is 14.3. The zero-order chi connectivity index (χ0) is 29.8. The van der Waals surface area contributed by atoms with Gasteiger partial charge in [0.1, 0.15) is 22.7 Å². The molecule has 218 valence electrons. The molecule has 6 rings (SSSR count). The number of hydrogen-bond acceptors (Lipinski definition) is 8. The van der Waals surface area contributed by atoms with E-state index in [9.17, 15) is 14.7 Å². The average Bonchev–Trinajstić information content (AvgIpc) is 3.43. The number of aliphatic hydroxyl groups is 1. The summed E-state index contributed by atoms with van der Waals surface area (Å²) in [6.45, 7) is 8.65. The van der Waals surface area contributed by atoms with Gasteiger partial charge in [-0.3, -0.25) is 4.79 Å². The van der Waals surface area contributed by atoms with Gasteiger partial charge in [0.05, 0.1) is 18.0 Å². The molecule has 1 aromatic carbocycles. The van der Waals surface area contributed by atoms with E-state index in [0.717, 1.165) is 45.8 Å². The molecule has 1 unspecified atom stereocenters. The number of nitrogens with zero attached hydrogens (tertiary/aromatic N) is 5. The van der Waals surface area contributed by atoms with E-state index in [1.54, 1.807) is 39.2 Å². The molecule has 2 aliphatic heterocycles. The van der Waals surface area contributed by atoms with Crippen molar-refractivity contribution >= 4 is 34.5 Å². The first-order valence-corrected chi connectivity index (χ1v) is 14.2. The maximum absolute atomic E-state index is 14.0. The van der Waals surface area contributed by atoms with Crippen molar-refractivity contribution in [2.24, 2.45) is 7.05 Å². The first-order chi connectivity index (χ1) is 20.0. The van der Waals surface area contributed by atoms with Crippen molar-refractivity contribution in [3.05, 3.63) is 72.2 Å². The van der Waals surface area contributed by atoms with Crippen LogP contribution >= 0.6 is 0 Å². The zero-order valence-corrected chi connectivity index (χ0v) is 24.6. The Morgan fingerprint density at radius 2 is 1.79 bits per heavy atom. The molecule has 1 saturated heterocycles. The lowest BCUT2D eigenvalue weighted by Gasteiger charge is -2.37. The van der Waals surface area contributed by atoms with Crippen LogP contribution in [0.15, 0.2) is 61.1 Å². The summed E-state index contributed by atoms with van der Waals surface area (Å²) >= 11 is 0. The number of carbonyl (C=O) groups is 2. The fraction of sp³-hybridized carbons (Fsp3) is 0.375. The van der Waals surface area contributed by atoms with Crippen LogP contribution in [0.25, 0.3) is 22.2 Å². The largest absolute Gasteiger partial charge is 0.443 e. The van der Waals surface area contributed by atoms with Crippen LogP contribution in [0.4, 0.5) is 16.3 Å². The number of piperidine rings is 1. The van der Waals surface area contributed by atoms with Crippen LogP contribution in [0.2, 0.25) is 0 Å². The SMILES string of the molecule is Cn1ccc2c(-c3cccc4c3C(C)(Nc3ccc(N5CCC(O)CC5)cn3)N(C(=O)OC(C)(C)C)C4=O)ccnc21. The van der Waals surface area contributed by atoms with Crippen LogP contribution in [0.3, 0.4) is 0 Å². The number of rotatable bonds is 4. The molecule has 0 bridgehead atoms. The highest BCUT2D eigenvalue weighted by Crippen LogP contribution is 2.46. The number of nitrogens with one attached hydrogen (secondary N) is 1. The van der Waals surface area contributed by atoms with Crippen LogP contribution in [-0.2, 0) is 17.4 Å². The molecule has 2 N–H and O–H groups in total. The minimum atomic E-state index is -1.32. The molecule has 5 heterocycles. The Bertz CT molecular complexity index is 1670. The van der Waals surface area contributed by atoms with Gasteiger partial charge in [0.2, 0.25) is 0 Å². The van der Waals surface area contributed by atoms with Gasteiger partial charge in [-0.1, -0.05) is 12.1 Å². The highest BCUT2D eigenvalue weighted by atomic mass is 16.6. The Labute approximate surface area is 244 Å². The number of ether oxygens (including phenoxy) is 1. The quantitative estimate of drug-likeness (QED) is 0.342. The number of imide groups is 1. The van der Waals surface area contributed by atoms with Crippen LogP contribution < -0.4 is 10.2 Å². The molecule has 3 aromatic heterocycles. The van der Waals surface area contributed by atoms with E-state index in [4.69, 9.17) is 4.74 Å². The number of pyridine rings is 2. The average molecular weight is 569 g/mol. The highest BCUT2D eigenvalue weighted by molar-refractivity contribution is 6.11. The fourth-order valence-corrected chi connectivity index (χ4v) is 6.03. The van der Waals surface area contributed by atoms with E-state index in [2.05, 4.69) is 20.2 Å². The molecule has 10 heteroatoms. The topological polar surface area (TPSA) is 113 Å². The number of amides is 2. The van der Waals surface area contributed by atoms with Gasteiger partial charge in [-0.2, -0.15) is 0 Å². The molecular weight excluding hydrogens is 532 g/mol. The molecule has 42 heavy (non-hydrogen) atoms. The van der Waals surface area contributed by atoms with E-state index in [0.29, 0.717) is 29.8 Å². The Morgan fingerprint density at radius 1 is 1.05 bits per heavy atom. The minimum Gasteiger partial charge on any atom is -0.443 e. The Kier molecular flexibility index (Phi) is 6.68. The molecule has 2 amide bonds. The smallest absolute Gasteiger partial charge is 0.419 e. The highest BCUT2D eigenvalue weighted by Gasteiger charge is 2.53. The molecule has 1 atom stereocenters. The number of benzene rings is 1. The second kappa shape index (κ2) is 10.1. The van der Waals surface area contributed by atoms with Crippen LogP contribution in [0, 0.1) is 0 Å². The molecule has 2 aliphatic rings. The lowest BCUT2D eigenvalue weighted by atomic mass is 9.89. The molecular formula is C32H36N6O4.